The highest BCUT2D eigenvalue weighted by atomic mass is 16.2. The fraction of sp³-hybridized carbons (Fsp3) is 0.278. The van der Waals surface area contributed by atoms with Gasteiger partial charge < -0.3 is 0 Å². The zero-order valence-electron chi connectivity index (χ0n) is 13.6. The standard InChI is InChI=1S/C18H20N4O/c1-4-22-16-15(10-7-11-19-16)20-18(22)21-17(23)13(3)14-9-6-5-8-12(14)2/h5-11,13H,4H2,1-3H3,(H,20,21,23). The zero-order chi connectivity index (χ0) is 16.4. The molecular weight excluding hydrogens is 288 g/mol. The molecule has 1 aromatic carbocycles. The summed E-state index contributed by atoms with van der Waals surface area (Å²) < 4.78 is 1.91. The van der Waals surface area contributed by atoms with E-state index in [0.29, 0.717) is 12.5 Å². The van der Waals surface area contributed by atoms with E-state index in [4.69, 9.17) is 0 Å². The van der Waals surface area contributed by atoms with Crippen molar-refractivity contribution in [3.63, 3.8) is 0 Å². The van der Waals surface area contributed by atoms with Crippen LogP contribution in [0.25, 0.3) is 11.2 Å². The molecule has 0 aliphatic rings. The number of carbonyl (C=O) groups excluding carboxylic acids is 1. The molecular formula is C18H20N4O. The van der Waals surface area contributed by atoms with Gasteiger partial charge in [0.2, 0.25) is 11.9 Å². The third-order valence-corrected chi connectivity index (χ3v) is 4.10. The Bertz CT molecular complexity index is 853. The first-order valence-electron chi connectivity index (χ1n) is 7.79. The molecule has 3 aromatic rings. The van der Waals surface area contributed by atoms with Gasteiger partial charge in [-0.15, -0.1) is 0 Å². The Kier molecular flexibility index (Phi) is 4.10. The first-order chi connectivity index (χ1) is 11.1. The maximum atomic E-state index is 12.6. The van der Waals surface area contributed by atoms with Crippen LogP contribution in [0.2, 0.25) is 0 Å². The third-order valence-electron chi connectivity index (χ3n) is 4.10. The first kappa shape index (κ1) is 15.2. The first-order valence-corrected chi connectivity index (χ1v) is 7.79. The van der Waals surface area contributed by atoms with Crippen LogP contribution in [0.1, 0.15) is 30.9 Å². The van der Waals surface area contributed by atoms with E-state index in [9.17, 15) is 4.79 Å². The molecule has 0 fully saturated rings. The van der Waals surface area contributed by atoms with Crippen LogP contribution in [0.3, 0.4) is 0 Å². The van der Waals surface area contributed by atoms with E-state index in [1.54, 1.807) is 6.20 Å². The predicted octanol–water partition coefficient (Wildman–Crippen LogP) is 3.50. The summed E-state index contributed by atoms with van der Waals surface area (Å²) in [4.78, 5) is 21.5. The lowest BCUT2D eigenvalue weighted by molar-refractivity contribution is -0.117. The van der Waals surface area contributed by atoms with Crippen LogP contribution in [0, 0.1) is 6.92 Å². The lowest BCUT2D eigenvalue weighted by Crippen LogP contribution is -2.21. The Hall–Kier alpha value is -2.69. The highest BCUT2D eigenvalue weighted by molar-refractivity contribution is 5.95. The molecule has 0 spiro atoms. The second-order valence-corrected chi connectivity index (χ2v) is 5.59. The van der Waals surface area contributed by atoms with Crippen molar-refractivity contribution < 1.29 is 4.79 Å². The van der Waals surface area contributed by atoms with Gasteiger partial charge in [-0.25, -0.2) is 9.97 Å². The minimum Gasteiger partial charge on any atom is -0.295 e. The van der Waals surface area contributed by atoms with Gasteiger partial charge in [0.05, 0.1) is 5.92 Å². The number of benzene rings is 1. The lowest BCUT2D eigenvalue weighted by Gasteiger charge is -2.15. The van der Waals surface area contributed by atoms with Crippen LogP contribution >= 0.6 is 0 Å². The minimum absolute atomic E-state index is 0.0655. The van der Waals surface area contributed by atoms with Crippen molar-refractivity contribution in [2.75, 3.05) is 5.32 Å². The fourth-order valence-corrected chi connectivity index (χ4v) is 2.79. The van der Waals surface area contributed by atoms with E-state index >= 15 is 0 Å². The number of rotatable bonds is 4. The quantitative estimate of drug-likeness (QED) is 0.802. The second kappa shape index (κ2) is 6.20. The molecule has 2 heterocycles. The van der Waals surface area contributed by atoms with Crippen molar-refractivity contribution in [1.29, 1.82) is 0 Å². The summed E-state index contributed by atoms with van der Waals surface area (Å²) in [5.74, 6) is 0.241. The molecule has 5 heteroatoms. The topological polar surface area (TPSA) is 59.8 Å². The highest BCUT2D eigenvalue weighted by Crippen LogP contribution is 2.22. The molecule has 1 atom stereocenters. The molecule has 0 saturated heterocycles. The number of anilines is 1. The van der Waals surface area contributed by atoms with Crippen molar-refractivity contribution in [3.8, 4) is 0 Å². The average Bonchev–Trinajstić information content (AvgIpc) is 2.91. The van der Waals surface area contributed by atoms with E-state index in [-0.39, 0.29) is 11.8 Å². The van der Waals surface area contributed by atoms with Crippen molar-refractivity contribution in [1.82, 2.24) is 14.5 Å². The summed E-state index contributed by atoms with van der Waals surface area (Å²) in [5, 5.41) is 2.95. The highest BCUT2D eigenvalue weighted by Gasteiger charge is 2.20. The van der Waals surface area contributed by atoms with Gasteiger partial charge in [0.1, 0.15) is 5.52 Å². The second-order valence-electron chi connectivity index (χ2n) is 5.59. The molecule has 0 radical (unpaired) electrons. The van der Waals surface area contributed by atoms with Crippen molar-refractivity contribution in [3.05, 3.63) is 53.7 Å². The smallest absolute Gasteiger partial charge is 0.233 e. The number of imidazole rings is 1. The molecule has 0 aliphatic heterocycles. The summed E-state index contributed by atoms with van der Waals surface area (Å²) in [6.45, 7) is 6.64. The van der Waals surface area contributed by atoms with E-state index < -0.39 is 0 Å². The van der Waals surface area contributed by atoms with Crippen molar-refractivity contribution in [2.45, 2.75) is 33.2 Å². The third kappa shape index (κ3) is 2.82. The van der Waals surface area contributed by atoms with Crippen LogP contribution in [0.5, 0.6) is 0 Å². The lowest BCUT2D eigenvalue weighted by atomic mass is 9.96. The minimum atomic E-state index is -0.241. The summed E-state index contributed by atoms with van der Waals surface area (Å²) in [5.41, 5.74) is 3.71. The molecule has 0 saturated carbocycles. The number of nitrogens with zero attached hydrogens (tertiary/aromatic N) is 3. The summed E-state index contributed by atoms with van der Waals surface area (Å²) in [7, 11) is 0. The number of nitrogens with one attached hydrogen (secondary N) is 1. The van der Waals surface area contributed by atoms with E-state index in [1.165, 1.54) is 0 Å². The van der Waals surface area contributed by atoms with E-state index in [2.05, 4.69) is 15.3 Å². The zero-order valence-corrected chi connectivity index (χ0v) is 13.6. The van der Waals surface area contributed by atoms with Gasteiger partial charge in [0.15, 0.2) is 5.65 Å². The Morgan fingerprint density at radius 2 is 2.04 bits per heavy atom. The fourth-order valence-electron chi connectivity index (χ4n) is 2.79. The summed E-state index contributed by atoms with van der Waals surface area (Å²) in [6, 6.07) is 11.7. The Morgan fingerprint density at radius 3 is 2.78 bits per heavy atom. The maximum Gasteiger partial charge on any atom is 0.233 e. The molecule has 1 unspecified atom stereocenters. The van der Waals surface area contributed by atoms with Gasteiger partial charge >= 0.3 is 0 Å². The van der Waals surface area contributed by atoms with Crippen molar-refractivity contribution >= 4 is 23.0 Å². The molecule has 118 valence electrons. The van der Waals surface area contributed by atoms with Gasteiger partial charge in [-0.05, 0) is 44.0 Å². The number of aromatic nitrogens is 3. The van der Waals surface area contributed by atoms with Crippen LogP contribution in [0.4, 0.5) is 5.95 Å². The molecule has 23 heavy (non-hydrogen) atoms. The van der Waals surface area contributed by atoms with Gasteiger partial charge in [-0.1, -0.05) is 24.3 Å². The maximum absolute atomic E-state index is 12.6. The Labute approximate surface area is 135 Å². The normalized spacial score (nSPS) is 12.3. The van der Waals surface area contributed by atoms with Gasteiger partial charge in [-0.2, -0.15) is 0 Å². The SMILES string of the molecule is CCn1c(NC(=O)C(C)c2ccccc2C)nc2cccnc21. The number of carbonyl (C=O) groups is 1. The number of aryl methyl sites for hydroxylation is 2. The Balaban J connectivity index is 1.90. The number of amides is 1. The number of fused-ring (bicyclic) bond motifs is 1. The van der Waals surface area contributed by atoms with Gasteiger partial charge in [-0.3, -0.25) is 14.7 Å². The molecule has 0 bridgehead atoms. The van der Waals surface area contributed by atoms with Gasteiger partial charge in [0.25, 0.3) is 0 Å². The molecule has 3 rings (SSSR count). The monoisotopic (exact) mass is 308 g/mol. The summed E-state index contributed by atoms with van der Waals surface area (Å²) in [6.07, 6.45) is 1.73. The summed E-state index contributed by atoms with van der Waals surface area (Å²) >= 11 is 0. The average molecular weight is 308 g/mol. The molecule has 1 amide bonds. The number of hydrogen-bond acceptors (Lipinski definition) is 3. The van der Waals surface area contributed by atoms with Crippen LogP contribution in [-0.4, -0.2) is 20.4 Å². The number of hydrogen-bond donors (Lipinski definition) is 1. The van der Waals surface area contributed by atoms with E-state index in [1.807, 2.05) is 61.7 Å². The van der Waals surface area contributed by atoms with Crippen LogP contribution in [-0.2, 0) is 11.3 Å². The Morgan fingerprint density at radius 1 is 1.26 bits per heavy atom. The van der Waals surface area contributed by atoms with Crippen LogP contribution in [0.15, 0.2) is 42.6 Å². The number of pyridine rings is 1. The molecule has 5 nitrogen and oxygen atoms in total. The van der Waals surface area contributed by atoms with Crippen LogP contribution < -0.4 is 5.32 Å². The molecule has 1 N–H and O–H groups in total. The van der Waals surface area contributed by atoms with E-state index in [0.717, 1.165) is 22.3 Å². The predicted molar refractivity (Wildman–Crippen MR) is 91.4 cm³/mol. The molecule has 2 aromatic heterocycles. The molecule has 0 aliphatic carbocycles. The van der Waals surface area contributed by atoms with Gasteiger partial charge in [0, 0.05) is 12.7 Å². The van der Waals surface area contributed by atoms with Crippen molar-refractivity contribution in [2.24, 2.45) is 0 Å². The largest absolute Gasteiger partial charge is 0.295 e.